The number of ether oxygens (including phenoxy) is 1. The molecule has 0 saturated heterocycles. The average Bonchev–Trinajstić information content (AvgIpc) is 3.47. The van der Waals surface area contributed by atoms with Crippen molar-refractivity contribution in [2.75, 3.05) is 25.0 Å². The number of rotatable bonds is 6. The van der Waals surface area contributed by atoms with Crippen molar-refractivity contribution in [1.29, 1.82) is 0 Å². The van der Waals surface area contributed by atoms with Crippen molar-refractivity contribution in [1.82, 2.24) is 9.88 Å². The number of hydrogen-bond acceptors (Lipinski definition) is 6. The van der Waals surface area contributed by atoms with Gasteiger partial charge in [0.15, 0.2) is 6.61 Å². The maximum Gasteiger partial charge on any atom is 0.262 e. The van der Waals surface area contributed by atoms with Crippen molar-refractivity contribution in [3.63, 3.8) is 0 Å². The Morgan fingerprint density at radius 1 is 1.06 bits per heavy atom. The molecule has 1 aliphatic rings. The molecule has 5 aromatic rings. The van der Waals surface area contributed by atoms with Crippen LogP contribution in [0, 0.1) is 0 Å². The molecule has 2 aromatic heterocycles. The van der Waals surface area contributed by atoms with E-state index in [4.69, 9.17) is 9.72 Å². The molecular formula is C28H26ClN3O2S2. The fourth-order valence-electron chi connectivity index (χ4n) is 4.59. The van der Waals surface area contributed by atoms with Gasteiger partial charge in [0.25, 0.3) is 5.91 Å². The fourth-order valence-corrected chi connectivity index (χ4v) is 7.01. The highest BCUT2D eigenvalue weighted by Gasteiger charge is 2.27. The van der Waals surface area contributed by atoms with Gasteiger partial charge < -0.3 is 10.1 Å². The summed E-state index contributed by atoms with van der Waals surface area (Å²) in [4.78, 5) is 21.7. The molecule has 0 saturated carbocycles. The quantitative estimate of drug-likeness (QED) is 0.254. The molecule has 5 nitrogen and oxygen atoms in total. The van der Waals surface area contributed by atoms with Gasteiger partial charge >= 0.3 is 0 Å². The van der Waals surface area contributed by atoms with Crippen LogP contribution >= 0.6 is 35.1 Å². The third kappa shape index (κ3) is 4.84. The number of likely N-dealkylation sites (N-methyl/N-ethyl adjacent to an activating group) is 1. The molecular weight excluding hydrogens is 510 g/mol. The molecule has 0 spiro atoms. The van der Waals surface area contributed by atoms with Gasteiger partial charge in [0.05, 0.1) is 10.2 Å². The van der Waals surface area contributed by atoms with Crippen LogP contribution in [0.25, 0.3) is 31.6 Å². The molecule has 1 N–H and O–H groups in total. The van der Waals surface area contributed by atoms with E-state index in [1.807, 2.05) is 54.6 Å². The Morgan fingerprint density at radius 3 is 2.69 bits per heavy atom. The zero-order chi connectivity index (χ0) is 23.8. The number of benzene rings is 3. The Kier molecular flexibility index (Phi) is 7.25. The standard InChI is InChI=1S/C28H25N3O2S2.ClH/c1-2-31-14-13-21-24(16-31)35-28(26(21)27-29-22-9-5-6-10-23(22)34-27)30-25(32)17-33-20-12-11-18-7-3-4-8-19(18)15-20;/h3-12,15H,2,13-14,16-17H2,1H3,(H,30,32);1H. The van der Waals surface area contributed by atoms with E-state index in [9.17, 15) is 4.79 Å². The molecule has 1 amide bonds. The van der Waals surface area contributed by atoms with E-state index in [1.165, 1.54) is 10.4 Å². The number of nitrogens with one attached hydrogen (secondary N) is 1. The third-order valence-electron chi connectivity index (χ3n) is 6.43. The molecule has 3 heterocycles. The van der Waals surface area contributed by atoms with Gasteiger partial charge in [-0.05, 0) is 53.6 Å². The Balaban J connectivity index is 0.00000267. The fraction of sp³-hybridized carbons (Fsp3) is 0.214. The van der Waals surface area contributed by atoms with E-state index < -0.39 is 0 Å². The monoisotopic (exact) mass is 535 g/mol. The van der Waals surface area contributed by atoms with Gasteiger partial charge in [-0.25, -0.2) is 4.98 Å². The molecule has 0 unspecified atom stereocenters. The van der Waals surface area contributed by atoms with E-state index >= 15 is 0 Å². The second-order valence-electron chi connectivity index (χ2n) is 8.66. The average molecular weight is 536 g/mol. The first-order chi connectivity index (χ1) is 17.2. The van der Waals surface area contributed by atoms with Gasteiger partial charge in [-0.1, -0.05) is 49.4 Å². The Morgan fingerprint density at radius 2 is 1.86 bits per heavy atom. The van der Waals surface area contributed by atoms with Crippen LogP contribution in [-0.2, 0) is 17.8 Å². The molecule has 0 aliphatic carbocycles. The summed E-state index contributed by atoms with van der Waals surface area (Å²) in [6.45, 7) is 5.12. The van der Waals surface area contributed by atoms with Gasteiger partial charge in [-0.2, -0.15) is 0 Å². The summed E-state index contributed by atoms with van der Waals surface area (Å²) in [5, 5.41) is 7.24. The summed E-state index contributed by atoms with van der Waals surface area (Å²) in [5.74, 6) is 0.528. The lowest BCUT2D eigenvalue weighted by atomic mass is 10.0. The minimum atomic E-state index is -0.161. The number of aromatic nitrogens is 1. The summed E-state index contributed by atoms with van der Waals surface area (Å²) in [6, 6.07) is 22.2. The lowest BCUT2D eigenvalue weighted by Crippen LogP contribution is -2.29. The Hall–Kier alpha value is -2.97. The number of hydrogen-bond donors (Lipinski definition) is 1. The van der Waals surface area contributed by atoms with E-state index in [1.54, 1.807) is 22.7 Å². The van der Waals surface area contributed by atoms with Crippen LogP contribution in [0.15, 0.2) is 66.7 Å². The number of thiophene rings is 1. The SMILES string of the molecule is CCN1CCc2c(sc(NC(=O)COc3ccc4ccccc4c3)c2-c2nc3ccccc3s2)C1.Cl. The Bertz CT molecular complexity index is 1510. The van der Waals surface area contributed by atoms with E-state index in [2.05, 4.69) is 29.3 Å². The number of nitrogens with zero attached hydrogens (tertiary/aromatic N) is 2. The molecule has 6 rings (SSSR count). The largest absolute Gasteiger partial charge is 0.484 e. The molecule has 0 bridgehead atoms. The smallest absolute Gasteiger partial charge is 0.262 e. The zero-order valence-electron chi connectivity index (χ0n) is 19.8. The zero-order valence-corrected chi connectivity index (χ0v) is 22.3. The normalized spacial score (nSPS) is 13.4. The van der Waals surface area contributed by atoms with Crippen LogP contribution in [0.4, 0.5) is 5.00 Å². The van der Waals surface area contributed by atoms with Crippen molar-refractivity contribution in [2.45, 2.75) is 19.9 Å². The number of thiazole rings is 1. The van der Waals surface area contributed by atoms with Crippen molar-refractivity contribution in [3.05, 3.63) is 77.2 Å². The molecule has 184 valence electrons. The number of fused-ring (bicyclic) bond motifs is 3. The predicted molar refractivity (Wildman–Crippen MR) is 153 cm³/mol. The van der Waals surface area contributed by atoms with Crippen LogP contribution in [0.2, 0.25) is 0 Å². The van der Waals surface area contributed by atoms with Gasteiger partial charge in [-0.3, -0.25) is 9.69 Å². The number of anilines is 1. The predicted octanol–water partition coefficient (Wildman–Crippen LogP) is 7.00. The van der Waals surface area contributed by atoms with Crippen molar-refractivity contribution >= 4 is 67.0 Å². The highest BCUT2D eigenvalue weighted by atomic mass is 35.5. The molecule has 8 heteroatoms. The minimum Gasteiger partial charge on any atom is -0.484 e. The maximum absolute atomic E-state index is 13.0. The van der Waals surface area contributed by atoms with Gasteiger partial charge in [0, 0.05) is 23.5 Å². The highest BCUT2D eigenvalue weighted by molar-refractivity contribution is 7.22. The second kappa shape index (κ2) is 10.6. The number of halogens is 1. The number of carbonyl (C=O) groups is 1. The minimum absolute atomic E-state index is 0. The maximum atomic E-state index is 13.0. The number of carbonyl (C=O) groups excluding carboxylic acids is 1. The first-order valence-corrected chi connectivity index (χ1v) is 13.5. The van der Waals surface area contributed by atoms with Gasteiger partial charge in [0.2, 0.25) is 0 Å². The highest BCUT2D eigenvalue weighted by Crippen LogP contribution is 2.45. The molecule has 36 heavy (non-hydrogen) atoms. The van der Waals surface area contributed by atoms with Crippen molar-refractivity contribution in [3.8, 4) is 16.3 Å². The molecule has 0 atom stereocenters. The topological polar surface area (TPSA) is 54.5 Å². The first kappa shape index (κ1) is 24.7. The second-order valence-corrected chi connectivity index (χ2v) is 10.8. The van der Waals surface area contributed by atoms with Crippen molar-refractivity contribution < 1.29 is 9.53 Å². The van der Waals surface area contributed by atoms with E-state index in [0.29, 0.717) is 5.75 Å². The van der Waals surface area contributed by atoms with Crippen LogP contribution in [-0.4, -0.2) is 35.5 Å². The van der Waals surface area contributed by atoms with Crippen LogP contribution in [0.3, 0.4) is 0 Å². The van der Waals surface area contributed by atoms with E-state index in [0.717, 1.165) is 62.6 Å². The summed E-state index contributed by atoms with van der Waals surface area (Å²) < 4.78 is 7.01. The number of amides is 1. The van der Waals surface area contributed by atoms with Gasteiger partial charge in [0.1, 0.15) is 15.8 Å². The summed E-state index contributed by atoms with van der Waals surface area (Å²) in [7, 11) is 0. The van der Waals surface area contributed by atoms with Crippen LogP contribution < -0.4 is 10.1 Å². The number of para-hydroxylation sites is 1. The first-order valence-electron chi connectivity index (χ1n) is 11.8. The Labute approximate surface area is 224 Å². The molecule has 3 aromatic carbocycles. The molecule has 0 fully saturated rings. The van der Waals surface area contributed by atoms with Crippen molar-refractivity contribution in [2.24, 2.45) is 0 Å². The van der Waals surface area contributed by atoms with Gasteiger partial charge in [-0.15, -0.1) is 35.1 Å². The third-order valence-corrected chi connectivity index (χ3v) is 8.62. The molecule has 0 radical (unpaired) electrons. The van der Waals surface area contributed by atoms with Crippen LogP contribution in [0.5, 0.6) is 5.75 Å². The summed E-state index contributed by atoms with van der Waals surface area (Å²) in [6.07, 6.45) is 0.967. The summed E-state index contributed by atoms with van der Waals surface area (Å²) in [5.41, 5.74) is 3.40. The lowest BCUT2D eigenvalue weighted by Gasteiger charge is -2.25. The summed E-state index contributed by atoms with van der Waals surface area (Å²) >= 11 is 3.36. The lowest BCUT2D eigenvalue weighted by molar-refractivity contribution is -0.118. The molecule has 1 aliphatic heterocycles. The van der Waals surface area contributed by atoms with E-state index in [-0.39, 0.29) is 24.9 Å². The van der Waals surface area contributed by atoms with Crippen LogP contribution in [0.1, 0.15) is 17.4 Å².